The van der Waals surface area contributed by atoms with Gasteiger partial charge in [-0.1, -0.05) is 44.2 Å². The van der Waals surface area contributed by atoms with Crippen molar-refractivity contribution in [2.75, 3.05) is 20.1 Å². The van der Waals surface area contributed by atoms with Crippen molar-refractivity contribution in [3.63, 3.8) is 0 Å². The van der Waals surface area contributed by atoms with Gasteiger partial charge in [-0.05, 0) is 17.9 Å². The van der Waals surface area contributed by atoms with E-state index in [2.05, 4.69) is 0 Å². The number of rotatable bonds is 6. The van der Waals surface area contributed by atoms with Crippen molar-refractivity contribution < 1.29 is 24.2 Å². The molecule has 1 fully saturated rings. The highest BCUT2D eigenvalue weighted by Gasteiger charge is 2.37. The number of hydrogen-bond acceptors (Lipinski definition) is 4. The van der Waals surface area contributed by atoms with Gasteiger partial charge in [-0.15, -0.1) is 0 Å². The minimum atomic E-state index is -1.02. The fourth-order valence-electron chi connectivity index (χ4n) is 3.26. The van der Waals surface area contributed by atoms with Crippen molar-refractivity contribution in [1.82, 2.24) is 9.80 Å². The fourth-order valence-corrected chi connectivity index (χ4v) is 3.26. The summed E-state index contributed by atoms with van der Waals surface area (Å²) in [6, 6.07) is 8.50. The summed E-state index contributed by atoms with van der Waals surface area (Å²) in [5, 5.41) is 9.35. The number of benzene rings is 1. The largest absolute Gasteiger partial charge is 0.480 e. The predicted molar refractivity (Wildman–Crippen MR) is 95.3 cm³/mol. The molecule has 1 aliphatic heterocycles. The van der Waals surface area contributed by atoms with Crippen molar-refractivity contribution in [1.29, 1.82) is 0 Å². The van der Waals surface area contributed by atoms with Gasteiger partial charge >= 0.3 is 12.1 Å². The van der Waals surface area contributed by atoms with Gasteiger partial charge in [-0.25, -0.2) is 9.59 Å². The Morgan fingerprint density at radius 1 is 1.27 bits per heavy atom. The molecule has 0 saturated carbocycles. The molecule has 1 aliphatic rings. The van der Waals surface area contributed by atoms with E-state index in [1.54, 1.807) is 13.8 Å². The predicted octanol–water partition coefficient (Wildman–Crippen LogP) is 2.21. The number of likely N-dealkylation sites (tertiary alicyclic amines) is 1. The molecule has 0 aliphatic carbocycles. The first-order chi connectivity index (χ1) is 12.3. The highest BCUT2D eigenvalue weighted by atomic mass is 16.6. The Hall–Kier alpha value is -2.57. The molecule has 2 rings (SSSR count). The van der Waals surface area contributed by atoms with Crippen LogP contribution in [-0.2, 0) is 20.9 Å². The summed E-state index contributed by atoms with van der Waals surface area (Å²) >= 11 is 0. The average molecular weight is 362 g/mol. The Labute approximate surface area is 153 Å². The third-order valence-corrected chi connectivity index (χ3v) is 4.65. The molecule has 7 nitrogen and oxygen atoms in total. The average Bonchev–Trinajstić information content (AvgIpc) is 3.09. The number of hydrogen-bond donors (Lipinski definition) is 1. The molecule has 1 aromatic rings. The number of carboxylic acid groups (broad SMARTS) is 1. The van der Waals surface area contributed by atoms with Crippen molar-refractivity contribution in [2.24, 2.45) is 11.8 Å². The summed E-state index contributed by atoms with van der Waals surface area (Å²) in [6.07, 6.45) is 0.0547. The van der Waals surface area contributed by atoms with Gasteiger partial charge in [-0.2, -0.15) is 0 Å². The monoisotopic (exact) mass is 362 g/mol. The molecule has 142 valence electrons. The Kier molecular flexibility index (Phi) is 6.60. The van der Waals surface area contributed by atoms with Crippen LogP contribution in [0, 0.1) is 11.8 Å². The summed E-state index contributed by atoms with van der Waals surface area (Å²) < 4.78 is 5.29. The summed E-state index contributed by atoms with van der Waals surface area (Å²) in [5.74, 6) is -1.86. The number of ether oxygens (including phenoxy) is 1. The van der Waals surface area contributed by atoms with Crippen LogP contribution in [0.1, 0.15) is 25.8 Å². The Morgan fingerprint density at radius 2 is 1.92 bits per heavy atom. The molecule has 0 bridgehead atoms. The fraction of sp³-hybridized carbons (Fsp3) is 0.526. The molecule has 7 heteroatoms. The molecule has 1 saturated heterocycles. The van der Waals surface area contributed by atoms with Crippen LogP contribution in [0.4, 0.5) is 4.79 Å². The number of aliphatic carboxylic acids is 1. The van der Waals surface area contributed by atoms with E-state index < -0.39 is 24.0 Å². The Morgan fingerprint density at radius 3 is 2.50 bits per heavy atom. The van der Waals surface area contributed by atoms with E-state index in [1.165, 1.54) is 16.8 Å². The van der Waals surface area contributed by atoms with Gasteiger partial charge in [0, 0.05) is 20.1 Å². The first kappa shape index (κ1) is 19.8. The smallest absolute Gasteiger partial charge is 0.410 e. The second kappa shape index (κ2) is 8.69. The molecule has 26 heavy (non-hydrogen) atoms. The third-order valence-electron chi connectivity index (χ3n) is 4.65. The van der Waals surface area contributed by atoms with Gasteiger partial charge in [-0.3, -0.25) is 4.79 Å². The summed E-state index contributed by atoms with van der Waals surface area (Å²) in [7, 11) is 1.51. The molecular weight excluding hydrogens is 336 g/mol. The van der Waals surface area contributed by atoms with Crippen LogP contribution in [-0.4, -0.2) is 59.1 Å². The van der Waals surface area contributed by atoms with E-state index in [1.807, 2.05) is 30.3 Å². The van der Waals surface area contributed by atoms with E-state index in [4.69, 9.17) is 4.74 Å². The minimum absolute atomic E-state index is 0.184. The van der Waals surface area contributed by atoms with Gasteiger partial charge in [0.2, 0.25) is 5.91 Å². The highest BCUT2D eigenvalue weighted by molar-refractivity contribution is 5.86. The van der Waals surface area contributed by atoms with Gasteiger partial charge in [0.1, 0.15) is 12.6 Å². The maximum atomic E-state index is 12.6. The maximum Gasteiger partial charge on any atom is 0.410 e. The van der Waals surface area contributed by atoms with Gasteiger partial charge < -0.3 is 19.6 Å². The van der Waals surface area contributed by atoms with Crippen LogP contribution in [0.2, 0.25) is 0 Å². The lowest BCUT2D eigenvalue weighted by Crippen LogP contribution is -2.48. The topological polar surface area (TPSA) is 87.2 Å². The van der Waals surface area contributed by atoms with Crippen LogP contribution >= 0.6 is 0 Å². The first-order valence-corrected chi connectivity index (χ1v) is 8.76. The zero-order valence-electron chi connectivity index (χ0n) is 15.4. The molecule has 2 amide bonds. The standard InChI is InChI=1S/C19H26N2O5/c1-13(2)16(18(23)24)20(3)17(22)15-9-10-21(11-15)19(25)26-12-14-7-5-4-6-8-14/h4-8,13,15-16H,9-12H2,1-3H3,(H,23,24)/t15-,16-/m0/s1. The number of likely N-dealkylation sites (N-methyl/N-ethyl adjacent to an activating group) is 1. The third kappa shape index (κ3) is 4.74. The van der Waals surface area contributed by atoms with Crippen LogP contribution in [0.15, 0.2) is 30.3 Å². The van der Waals surface area contributed by atoms with E-state index in [9.17, 15) is 19.5 Å². The number of carbonyl (C=O) groups is 3. The van der Waals surface area contributed by atoms with Gasteiger partial charge in [0.05, 0.1) is 5.92 Å². The number of carboxylic acids is 1. The summed E-state index contributed by atoms with van der Waals surface area (Å²) in [5.41, 5.74) is 0.897. The first-order valence-electron chi connectivity index (χ1n) is 8.76. The zero-order chi connectivity index (χ0) is 19.3. The number of carbonyl (C=O) groups excluding carboxylic acids is 2. The van der Waals surface area contributed by atoms with Crippen LogP contribution < -0.4 is 0 Å². The molecule has 1 heterocycles. The lowest BCUT2D eigenvalue weighted by molar-refractivity contribution is -0.152. The lowest BCUT2D eigenvalue weighted by atomic mass is 10.0. The molecular formula is C19H26N2O5. The summed E-state index contributed by atoms with van der Waals surface area (Å²) in [4.78, 5) is 39.0. The van der Waals surface area contributed by atoms with Crippen LogP contribution in [0.25, 0.3) is 0 Å². The Balaban J connectivity index is 1.89. The van der Waals surface area contributed by atoms with Crippen molar-refractivity contribution in [3.8, 4) is 0 Å². The Bertz CT molecular complexity index is 647. The summed E-state index contributed by atoms with van der Waals surface area (Å²) in [6.45, 7) is 4.40. The van der Waals surface area contributed by atoms with Crippen molar-refractivity contribution in [3.05, 3.63) is 35.9 Å². The van der Waals surface area contributed by atoms with Crippen molar-refractivity contribution in [2.45, 2.75) is 32.9 Å². The minimum Gasteiger partial charge on any atom is -0.480 e. The lowest BCUT2D eigenvalue weighted by Gasteiger charge is -2.29. The van der Waals surface area contributed by atoms with Crippen molar-refractivity contribution >= 4 is 18.0 Å². The van der Waals surface area contributed by atoms with E-state index >= 15 is 0 Å². The van der Waals surface area contributed by atoms with Crippen LogP contribution in [0.5, 0.6) is 0 Å². The van der Waals surface area contributed by atoms with E-state index in [0.717, 1.165) is 5.56 Å². The molecule has 2 atom stereocenters. The SMILES string of the molecule is CC(C)[C@@H](C(=O)O)N(C)C(=O)[C@H]1CCN(C(=O)OCc2ccccc2)C1. The number of nitrogens with zero attached hydrogens (tertiary/aromatic N) is 2. The second-order valence-electron chi connectivity index (χ2n) is 6.95. The van der Waals surface area contributed by atoms with Gasteiger partial charge in [0.25, 0.3) is 0 Å². The zero-order valence-corrected chi connectivity index (χ0v) is 15.4. The molecule has 1 N–H and O–H groups in total. The number of amides is 2. The molecule has 0 unspecified atom stereocenters. The molecule has 0 spiro atoms. The normalized spacial score (nSPS) is 17.8. The highest BCUT2D eigenvalue weighted by Crippen LogP contribution is 2.22. The second-order valence-corrected chi connectivity index (χ2v) is 6.95. The molecule has 0 radical (unpaired) electrons. The maximum absolute atomic E-state index is 12.6. The van der Waals surface area contributed by atoms with Gasteiger partial charge in [0.15, 0.2) is 0 Å². The molecule has 1 aromatic carbocycles. The van der Waals surface area contributed by atoms with Crippen LogP contribution in [0.3, 0.4) is 0 Å². The van der Waals surface area contributed by atoms with E-state index in [0.29, 0.717) is 13.0 Å². The quantitative estimate of drug-likeness (QED) is 0.838. The van der Waals surface area contributed by atoms with E-state index in [-0.39, 0.29) is 25.0 Å². The molecule has 0 aromatic heterocycles.